The summed E-state index contributed by atoms with van der Waals surface area (Å²) in [6.07, 6.45) is 4.57. The lowest BCUT2D eigenvalue weighted by molar-refractivity contribution is -0.132. The molecule has 0 bridgehead atoms. The molecule has 3 fully saturated rings. The number of carbonyl (C=O) groups is 3. The van der Waals surface area contributed by atoms with E-state index < -0.39 is 11.1 Å². The quantitative estimate of drug-likeness (QED) is 0.406. The molecule has 2 saturated carbocycles. The molecule has 0 spiro atoms. The highest BCUT2D eigenvalue weighted by Gasteiger charge is 2.48. The van der Waals surface area contributed by atoms with Gasteiger partial charge in [0, 0.05) is 45.1 Å². The highest BCUT2D eigenvalue weighted by molar-refractivity contribution is 6.04. The number of rotatable bonds is 10. The molecule has 43 heavy (non-hydrogen) atoms. The van der Waals surface area contributed by atoms with Gasteiger partial charge in [-0.05, 0) is 88.3 Å². The van der Waals surface area contributed by atoms with Gasteiger partial charge >= 0.3 is 0 Å². The molecule has 3 amide bonds. The summed E-state index contributed by atoms with van der Waals surface area (Å²) in [5.41, 5.74) is 0.860. The highest BCUT2D eigenvalue weighted by Crippen LogP contribution is 2.46. The monoisotopic (exact) mass is 592 g/mol. The molecule has 0 unspecified atom stereocenters. The van der Waals surface area contributed by atoms with Gasteiger partial charge < -0.3 is 29.9 Å². The van der Waals surface area contributed by atoms with Crippen LogP contribution in [0.3, 0.4) is 0 Å². The maximum Gasteiger partial charge on any atom is 0.270 e. The molecule has 10 heteroatoms. The molecule has 2 atom stereocenters. The lowest BCUT2D eigenvalue weighted by Gasteiger charge is -2.40. The molecule has 2 heterocycles. The topological polar surface area (TPSA) is 100 Å². The van der Waals surface area contributed by atoms with E-state index in [1.165, 1.54) is 12.1 Å². The number of fused-ring (bicyclic) bond motifs is 1. The molecule has 230 valence electrons. The maximum atomic E-state index is 14.1. The number of benzene rings is 2. The van der Waals surface area contributed by atoms with E-state index in [0.29, 0.717) is 50.5 Å². The SMILES string of the molecule is COCCCN1C(=O)C(C)(C)Oc2ccc(N(C(=O)[C@H]3CNC[C@@H](C(=O)NC4(c5ccc(F)cc5)CC4)C3)C3CC3)cc21. The second-order valence-electron chi connectivity index (χ2n) is 12.9. The third-order valence-corrected chi connectivity index (χ3v) is 9.10. The number of hydrogen-bond donors (Lipinski definition) is 2. The number of nitrogens with one attached hydrogen (secondary N) is 2. The fourth-order valence-corrected chi connectivity index (χ4v) is 6.39. The van der Waals surface area contributed by atoms with Gasteiger partial charge in [-0.15, -0.1) is 0 Å². The minimum absolute atomic E-state index is 0.0126. The number of carbonyl (C=O) groups excluding carboxylic acids is 3. The molecular weight excluding hydrogens is 551 g/mol. The first-order chi connectivity index (χ1) is 20.6. The molecule has 2 N–H and O–H groups in total. The third-order valence-electron chi connectivity index (χ3n) is 9.10. The van der Waals surface area contributed by atoms with Crippen LogP contribution in [0, 0.1) is 17.7 Å². The van der Waals surface area contributed by atoms with Crippen LogP contribution in [0.1, 0.15) is 57.9 Å². The van der Waals surface area contributed by atoms with Crippen molar-refractivity contribution in [3.63, 3.8) is 0 Å². The van der Waals surface area contributed by atoms with Crippen molar-refractivity contribution in [3.05, 3.63) is 53.8 Å². The number of amides is 3. The van der Waals surface area contributed by atoms with Crippen LogP contribution >= 0.6 is 0 Å². The summed E-state index contributed by atoms with van der Waals surface area (Å²) in [4.78, 5) is 44.5. The molecule has 0 aromatic heterocycles. The van der Waals surface area contributed by atoms with Gasteiger partial charge in [0.25, 0.3) is 5.91 Å². The molecule has 4 aliphatic rings. The number of halogens is 1. The number of nitrogens with zero attached hydrogens (tertiary/aromatic N) is 2. The van der Waals surface area contributed by atoms with Crippen molar-refractivity contribution in [3.8, 4) is 5.75 Å². The Hall–Kier alpha value is -3.50. The smallest absolute Gasteiger partial charge is 0.270 e. The van der Waals surface area contributed by atoms with Gasteiger partial charge in [-0.2, -0.15) is 0 Å². The van der Waals surface area contributed by atoms with E-state index >= 15 is 0 Å². The van der Waals surface area contributed by atoms with E-state index in [2.05, 4.69) is 10.6 Å². The van der Waals surface area contributed by atoms with Crippen LogP contribution in [-0.2, 0) is 24.7 Å². The van der Waals surface area contributed by atoms with Crippen molar-refractivity contribution in [2.24, 2.45) is 11.8 Å². The van der Waals surface area contributed by atoms with E-state index in [-0.39, 0.29) is 41.4 Å². The van der Waals surface area contributed by atoms with Crippen molar-refractivity contribution < 1.29 is 28.2 Å². The first-order valence-electron chi connectivity index (χ1n) is 15.4. The number of hydrogen-bond acceptors (Lipinski definition) is 6. The van der Waals surface area contributed by atoms with Gasteiger partial charge in [-0.1, -0.05) is 12.1 Å². The van der Waals surface area contributed by atoms with Gasteiger partial charge in [-0.3, -0.25) is 14.4 Å². The van der Waals surface area contributed by atoms with Gasteiger partial charge in [0.2, 0.25) is 11.8 Å². The van der Waals surface area contributed by atoms with Crippen molar-refractivity contribution >= 4 is 29.1 Å². The molecule has 9 nitrogen and oxygen atoms in total. The average Bonchev–Trinajstić information content (AvgIpc) is 3.93. The van der Waals surface area contributed by atoms with Crippen LogP contribution in [-0.4, -0.2) is 62.7 Å². The number of piperidine rings is 1. The predicted molar refractivity (Wildman–Crippen MR) is 160 cm³/mol. The highest BCUT2D eigenvalue weighted by atomic mass is 19.1. The average molecular weight is 593 g/mol. The van der Waals surface area contributed by atoms with Crippen LogP contribution in [0.4, 0.5) is 15.8 Å². The van der Waals surface area contributed by atoms with Crippen molar-refractivity contribution in [2.45, 2.75) is 69.6 Å². The summed E-state index contributed by atoms with van der Waals surface area (Å²) < 4.78 is 24.8. The Morgan fingerprint density at radius 2 is 1.84 bits per heavy atom. The number of methoxy groups -OCH3 is 1. The molecule has 2 aromatic rings. The first-order valence-corrected chi connectivity index (χ1v) is 15.4. The van der Waals surface area contributed by atoms with Crippen LogP contribution in [0.5, 0.6) is 5.75 Å². The maximum absolute atomic E-state index is 14.1. The van der Waals surface area contributed by atoms with Gasteiger partial charge in [-0.25, -0.2) is 4.39 Å². The lowest BCUT2D eigenvalue weighted by Crippen LogP contribution is -2.53. The van der Waals surface area contributed by atoms with Crippen LogP contribution in [0.25, 0.3) is 0 Å². The van der Waals surface area contributed by atoms with Crippen LogP contribution in [0.2, 0.25) is 0 Å². The van der Waals surface area contributed by atoms with E-state index in [9.17, 15) is 18.8 Å². The van der Waals surface area contributed by atoms with Crippen molar-refractivity contribution in [1.82, 2.24) is 10.6 Å². The fraction of sp³-hybridized carbons (Fsp3) is 0.545. The second kappa shape index (κ2) is 11.5. The minimum Gasteiger partial charge on any atom is -0.476 e. The Balaban J connectivity index is 1.19. The Bertz CT molecular complexity index is 1390. The molecule has 0 radical (unpaired) electrons. The van der Waals surface area contributed by atoms with E-state index in [1.807, 2.05) is 23.1 Å². The van der Waals surface area contributed by atoms with E-state index in [1.54, 1.807) is 38.0 Å². The normalized spacial score (nSPS) is 23.6. The summed E-state index contributed by atoms with van der Waals surface area (Å²) in [7, 11) is 1.64. The third kappa shape index (κ3) is 5.99. The summed E-state index contributed by atoms with van der Waals surface area (Å²) in [5, 5.41) is 6.54. The Labute approximate surface area is 252 Å². The molecule has 2 aromatic carbocycles. The lowest BCUT2D eigenvalue weighted by atomic mass is 9.88. The fourth-order valence-electron chi connectivity index (χ4n) is 6.39. The van der Waals surface area contributed by atoms with E-state index in [0.717, 1.165) is 36.9 Å². The van der Waals surface area contributed by atoms with Gasteiger partial charge in [0.05, 0.1) is 23.1 Å². The summed E-state index contributed by atoms with van der Waals surface area (Å²) >= 11 is 0. The summed E-state index contributed by atoms with van der Waals surface area (Å²) in [6, 6.07) is 12.0. The minimum atomic E-state index is -0.993. The standard InChI is InChI=1S/C33H41FN4O5/c1-32(2)31(41)37(15-4-16-42-3)27-18-26(11-12-28(27)43-32)38(25-9-10-25)30(40)22-17-21(19-35-20-22)29(39)36-33(13-14-33)23-5-7-24(34)8-6-23/h5-8,11-12,18,21-22,25,35H,4,9-10,13-17,19-20H2,1-3H3,(H,36,39)/t21-,22+/m0/s1. The molecular formula is C33H41FN4O5. The Morgan fingerprint density at radius 1 is 1.12 bits per heavy atom. The largest absolute Gasteiger partial charge is 0.476 e. The predicted octanol–water partition coefficient (Wildman–Crippen LogP) is 3.89. The molecule has 6 rings (SSSR count). The number of ether oxygens (including phenoxy) is 2. The zero-order valence-corrected chi connectivity index (χ0v) is 25.2. The Morgan fingerprint density at radius 3 is 2.51 bits per heavy atom. The Kier molecular flexibility index (Phi) is 7.93. The van der Waals surface area contributed by atoms with Crippen LogP contribution in [0.15, 0.2) is 42.5 Å². The molecule has 2 aliphatic heterocycles. The first kappa shape index (κ1) is 29.6. The second-order valence-corrected chi connectivity index (χ2v) is 12.9. The van der Waals surface area contributed by atoms with E-state index in [4.69, 9.17) is 9.47 Å². The molecule has 2 aliphatic carbocycles. The van der Waals surface area contributed by atoms with Crippen LogP contribution < -0.4 is 25.2 Å². The summed E-state index contributed by atoms with van der Waals surface area (Å²) in [6.45, 7) is 5.55. The van der Waals surface area contributed by atoms with Gasteiger partial charge in [0.1, 0.15) is 11.6 Å². The zero-order chi connectivity index (χ0) is 30.4. The van der Waals surface area contributed by atoms with Crippen molar-refractivity contribution in [1.29, 1.82) is 0 Å². The van der Waals surface area contributed by atoms with Crippen molar-refractivity contribution in [2.75, 3.05) is 43.2 Å². The number of anilines is 2. The zero-order valence-electron chi connectivity index (χ0n) is 25.2. The molecule has 1 saturated heterocycles. The summed E-state index contributed by atoms with van der Waals surface area (Å²) in [5.74, 6) is -0.627. The van der Waals surface area contributed by atoms with Gasteiger partial charge in [0.15, 0.2) is 5.60 Å².